The van der Waals surface area contributed by atoms with Crippen LogP contribution in [0.25, 0.3) is 0 Å². The lowest BCUT2D eigenvalue weighted by Crippen LogP contribution is -2.38. The van der Waals surface area contributed by atoms with Gasteiger partial charge in [-0.25, -0.2) is 0 Å². The number of amides is 1. The van der Waals surface area contributed by atoms with Crippen molar-refractivity contribution in [3.8, 4) is 17.2 Å². The van der Waals surface area contributed by atoms with Gasteiger partial charge >= 0.3 is 0 Å². The predicted octanol–water partition coefficient (Wildman–Crippen LogP) is 4.11. The number of ketones is 1. The SMILES string of the molecule is CCOc1ccccc1C1CC(=O)NC2=C1C(=O)CC(c1cc(OC)ccc1OC)C2. The zero-order chi connectivity index (χ0) is 22.0. The number of hydrogen-bond donors (Lipinski definition) is 1. The maximum Gasteiger partial charge on any atom is 0.225 e. The minimum atomic E-state index is -0.299. The number of ether oxygens (including phenoxy) is 3. The Hall–Kier alpha value is -3.28. The predicted molar refractivity (Wildman–Crippen MR) is 117 cm³/mol. The van der Waals surface area contributed by atoms with Crippen LogP contribution in [0.4, 0.5) is 0 Å². The van der Waals surface area contributed by atoms with Gasteiger partial charge in [0.25, 0.3) is 0 Å². The molecule has 6 nitrogen and oxygen atoms in total. The Labute approximate surface area is 182 Å². The highest BCUT2D eigenvalue weighted by Gasteiger charge is 2.39. The molecule has 2 aromatic rings. The van der Waals surface area contributed by atoms with Crippen LogP contribution in [0.5, 0.6) is 17.2 Å². The van der Waals surface area contributed by atoms with Crippen LogP contribution >= 0.6 is 0 Å². The first kappa shape index (κ1) is 21.0. The van der Waals surface area contributed by atoms with Crippen LogP contribution in [0.1, 0.15) is 49.1 Å². The lowest BCUT2D eigenvalue weighted by molar-refractivity contribution is -0.122. The molecule has 1 aliphatic carbocycles. The molecule has 0 bridgehead atoms. The van der Waals surface area contributed by atoms with Crippen molar-refractivity contribution in [1.29, 1.82) is 0 Å². The summed E-state index contributed by atoms with van der Waals surface area (Å²) < 4.78 is 16.7. The molecule has 6 heteroatoms. The van der Waals surface area contributed by atoms with Crippen LogP contribution < -0.4 is 19.5 Å². The molecule has 2 aliphatic rings. The van der Waals surface area contributed by atoms with Crippen LogP contribution in [0, 0.1) is 0 Å². The van der Waals surface area contributed by atoms with E-state index in [2.05, 4.69) is 5.32 Å². The van der Waals surface area contributed by atoms with Crippen molar-refractivity contribution in [1.82, 2.24) is 5.32 Å². The van der Waals surface area contributed by atoms with Crippen LogP contribution in [0.2, 0.25) is 0 Å². The number of Topliss-reactive ketones (excluding diaryl/α,β-unsaturated/α-hetero) is 1. The quantitative estimate of drug-likeness (QED) is 0.760. The molecule has 0 fully saturated rings. The monoisotopic (exact) mass is 421 g/mol. The van der Waals surface area contributed by atoms with Gasteiger partial charge in [0.05, 0.1) is 20.8 Å². The summed E-state index contributed by atoms with van der Waals surface area (Å²) in [6.07, 6.45) is 1.15. The van der Waals surface area contributed by atoms with E-state index in [1.54, 1.807) is 14.2 Å². The summed E-state index contributed by atoms with van der Waals surface area (Å²) >= 11 is 0. The van der Waals surface area contributed by atoms with Gasteiger partial charge in [-0.1, -0.05) is 18.2 Å². The van der Waals surface area contributed by atoms with E-state index in [1.807, 2.05) is 49.4 Å². The van der Waals surface area contributed by atoms with Crippen molar-refractivity contribution in [3.05, 3.63) is 64.9 Å². The largest absolute Gasteiger partial charge is 0.497 e. The minimum Gasteiger partial charge on any atom is -0.497 e. The number of para-hydroxylation sites is 1. The maximum atomic E-state index is 13.4. The molecule has 2 aromatic carbocycles. The van der Waals surface area contributed by atoms with Crippen molar-refractivity contribution < 1.29 is 23.8 Å². The highest BCUT2D eigenvalue weighted by Crippen LogP contribution is 2.46. The number of carbonyl (C=O) groups excluding carboxylic acids is 2. The van der Waals surface area contributed by atoms with E-state index >= 15 is 0 Å². The number of hydrogen-bond acceptors (Lipinski definition) is 5. The Morgan fingerprint density at radius 1 is 0.935 bits per heavy atom. The van der Waals surface area contributed by atoms with Gasteiger partial charge in [-0.05, 0) is 37.6 Å². The van der Waals surface area contributed by atoms with Gasteiger partial charge in [0.2, 0.25) is 5.91 Å². The molecule has 1 aliphatic heterocycles. The first-order valence-electron chi connectivity index (χ1n) is 10.5. The first-order chi connectivity index (χ1) is 15.0. The molecule has 1 amide bonds. The van der Waals surface area contributed by atoms with E-state index in [9.17, 15) is 9.59 Å². The number of nitrogens with one attached hydrogen (secondary N) is 1. The highest BCUT2D eigenvalue weighted by molar-refractivity contribution is 6.02. The average Bonchev–Trinajstić information content (AvgIpc) is 2.78. The lowest BCUT2D eigenvalue weighted by Gasteiger charge is -2.35. The second-order valence-corrected chi connectivity index (χ2v) is 7.80. The Morgan fingerprint density at radius 3 is 2.48 bits per heavy atom. The molecule has 4 rings (SSSR count). The van der Waals surface area contributed by atoms with Crippen LogP contribution in [-0.4, -0.2) is 32.5 Å². The highest BCUT2D eigenvalue weighted by atomic mass is 16.5. The Kier molecular flexibility index (Phi) is 5.98. The molecular weight excluding hydrogens is 394 g/mol. The Morgan fingerprint density at radius 2 is 1.74 bits per heavy atom. The molecule has 162 valence electrons. The summed E-state index contributed by atoms with van der Waals surface area (Å²) in [6, 6.07) is 13.3. The van der Waals surface area contributed by atoms with Crippen molar-refractivity contribution in [3.63, 3.8) is 0 Å². The Balaban J connectivity index is 1.74. The Bertz CT molecular complexity index is 1040. The second kappa shape index (κ2) is 8.84. The molecule has 0 saturated carbocycles. The normalized spacial score (nSPS) is 20.7. The third-order valence-electron chi connectivity index (χ3n) is 6.01. The van der Waals surface area contributed by atoms with Crippen LogP contribution in [-0.2, 0) is 9.59 Å². The van der Waals surface area contributed by atoms with Gasteiger partial charge in [0, 0.05) is 47.1 Å². The molecule has 2 unspecified atom stereocenters. The van der Waals surface area contributed by atoms with Gasteiger partial charge in [-0.15, -0.1) is 0 Å². The lowest BCUT2D eigenvalue weighted by atomic mass is 9.73. The number of methoxy groups -OCH3 is 2. The van der Waals surface area contributed by atoms with Gasteiger partial charge in [0.1, 0.15) is 17.2 Å². The second-order valence-electron chi connectivity index (χ2n) is 7.80. The molecule has 0 radical (unpaired) electrons. The fourth-order valence-electron chi connectivity index (χ4n) is 4.66. The van der Waals surface area contributed by atoms with E-state index in [4.69, 9.17) is 14.2 Å². The summed E-state index contributed by atoms with van der Waals surface area (Å²) in [4.78, 5) is 26.0. The third-order valence-corrected chi connectivity index (χ3v) is 6.01. The van der Waals surface area contributed by atoms with E-state index < -0.39 is 0 Å². The molecule has 2 atom stereocenters. The van der Waals surface area contributed by atoms with Gasteiger partial charge < -0.3 is 19.5 Å². The molecule has 0 spiro atoms. The van der Waals surface area contributed by atoms with Crippen LogP contribution in [0.15, 0.2) is 53.7 Å². The first-order valence-corrected chi connectivity index (χ1v) is 10.5. The van der Waals surface area contributed by atoms with E-state index in [0.717, 1.165) is 16.9 Å². The maximum absolute atomic E-state index is 13.4. The van der Waals surface area contributed by atoms with Crippen molar-refractivity contribution in [2.24, 2.45) is 0 Å². The minimum absolute atomic E-state index is 0.0485. The summed E-state index contributed by atoms with van der Waals surface area (Å²) in [7, 11) is 3.23. The molecule has 31 heavy (non-hydrogen) atoms. The van der Waals surface area contributed by atoms with E-state index in [-0.39, 0.29) is 29.9 Å². The molecular formula is C25H27NO5. The number of benzene rings is 2. The van der Waals surface area contributed by atoms with Gasteiger partial charge in [0.15, 0.2) is 5.78 Å². The van der Waals surface area contributed by atoms with Gasteiger partial charge in [-0.2, -0.15) is 0 Å². The van der Waals surface area contributed by atoms with Gasteiger partial charge in [-0.3, -0.25) is 9.59 Å². The van der Waals surface area contributed by atoms with Crippen molar-refractivity contribution >= 4 is 11.7 Å². The molecule has 0 saturated heterocycles. The zero-order valence-corrected chi connectivity index (χ0v) is 18.1. The zero-order valence-electron chi connectivity index (χ0n) is 18.1. The summed E-state index contributed by atoms with van der Waals surface area (Å²) in [5.41, 5.74) is 3.20. The van der Waals surface area contributed by atoms with Crippen molar-refractivity contribution in [2.45, 2.75) is 38.0 Å². The number of allylic oxidation sites excluding steroid dienone is 2. The average molecular weight is 421 g/mol. The topological polar surface area (TPSA) is 73.9 Å². The summed E-state index contributed by atoms with van der Waals surface area (Å²) in [5.74, 6) is 1.71. The number of rotatable bonds is 6. The summed E-state index contributed by atoms with van der Waals surface area (Å²) in [6.45, 7) is 2.44. The van der Waals surface area contributed by atoms with E-state index in [1.165, 1.54) is 0 Å². The van der Waals surface area contributed by atoms with Crippen molar-refractivity contribution in [2.75, 3.05) is 20.8 Å². The third kappa shape index (κ3) is 4.02. The number of carbonyl (C=O) groups is 2. The van der Waals surface area contributed by atoms with Crippen LogP contribution in [0.3, 0.4) is 0 Å². The molecule has 1 N–H and O–H groups in total. The summed E-state index contributed by atoms with van der Waals surface area (Å²) in [5, 5.41) is 2.97. The fraction of sp³-hybridized carbons (Fsp3) is 0.360. The molecule has 1 heterocycles. The standard InChI is InChI=1S/C25H27NO5/c1-4-31-23-8-6-5-7-17(23)19-14-24(28)26-20-11-15(12-21(27)25(19)20)18-13-16(29-2)9-10-22(18)30-3/h5-10,13,15,19H,4,11-12,14H2,1-3H3,(H,26,28). The van der Waals surface area contributed by atoms with E-state index in [0.29, 0.717) is 42.2 Å². The smallest absolute Gasteiger partial charge is 0.225 e. The molecule has 0 aromatic heterocycles. The fourth-order valence-corrected chi connectivity index (χ4v) is 4.66.